The number of amides is 1. The van der Waals surface area contributed by atoms with Gasteiger partial charge in [0.25, 0.3) is 5.91 Å². The van der Waals surface area contributed by atoms with Crippen LogP contribution in [0.4, 0.5) is 0 Å². The average molecular weight is 314 g/mol. The number of nitrogens with one attached hydrogen (secondary N) is 1. The summed E-state index contributed by atoms with van der Waals surface area (Å²) in [6.45, 7) is 4.10. The molecule has 0 spiro atoms. The third kappa shape index (κ3) is 2.97. The molecule has 0 saturated heterocycles. The molecular formula is C14H20BrNO2. The first-order valence-corrected chi connectivity index (χ1v) is 7.62. The molecule has 2 unspecified atom stereocenters. The van der Waals surface area contributed by atoms with Crippen molar-refractivity contribution in [2.45, 2.75) is 45.1 Å². The fraction of sp³-hybridized carbons (Fsp3) is 0.643. The minimum Gasteiger partial charge on any atom is -0.456 e. The van der Waals surface area contributed by atoms with E-state index in [2.05, 4.69) is 28.2 Å². The van der Waals surface area contributed by atoms with Gasteiger partial charge in [-0.1, -0.05) is 35.7 Å². The van der Waals surface area contributed by atoms with Gasteiger partial charge in [0.1, 0.15) is 5.76 Å². The number of halogens is 1. The number of carbonyl (C=O) groups excluding carboxylic acids is 1. The Hall–Kier alpha value is -0.770. The SMILES string of the molecule is Cc1ccc(C(=O)NC2(CBr)CCCC(C)C2)o1. The molecule has 0 bridgehead atoms. The van der Waals surface area contributed by atoms with E-state index >= 15 is 0 Å². The standard InChI is InChI=1S/C14H20BrNO2/c1-10-4-3-7-14(8-10,9-15)16-13(17)12-6-5-11(2)18-12/h5-6,10H,3-4,7-9H2,1-2H3,(H,16,17). The first-order chi connectivity index (χ1) is 8.54. The van der Waals surface area contributed by atoms with Crippen LogP contribution in [0.5, 0.6) is 0 Å². The number of aryl methyl sites for hydroxylation is 1. The van der Waals surface area contributed by atoms with E-state index in [-0.39, 0.29) is 11.4 Å². The van der Waals surface area contributed by atoms with E-state index in [1.54, 1.807) is 6.07 Å². The quantitative estimate of drug-likeness (QED) is 0.865. The van der Waals surface area contributed by atoms with Crippen LogP contribution in [0.2, 0.25) is 0 Å². The van der Waals surface area contributed by atoms with Gasteiger partial charge in [-0.2, -0.15) is 0 Å². The van der Waals surface area contributed by atoms with Crippen molar-refractivity contribution in [3.8, 4) is 0 Å². The highest BCUT2D eigenvalue weighted by Crippen LogP contribution is 2.33. The summed E-state index contributed by atoms with van der Waals surface area (Å²) in [6.07, 6.45) is 4.49. The van der Waals surface area contributed by atoms with Crippen LogP contribution in [0.25, 0.3) is 0 Å². The van der Waals surface area contributed by atoms with Gasteiger partial charge in [0.15, 0.2) is 5.76 Å². The van der Waals surface area contributed by atoms with E-state index in [0.717, 1.165) is 23.9 Å². The van der Waals surface area contributed by atoms with Gasteiger partial charge in [-0.3, -0.25) is 4.79 Å². The van der Waals surface area contributed by atoms with Crippen LogP contribution in [0.15, 0.2) is 16.5 Å². The fourth-order valence-corrected chi connectivity index (χ4v) is 3.44. The Morgan fingerprint density at radius 1 is 1.61 bits per heavy atom. The zero-order valence-electron chi connectivity index (χ0n) is 11.0. The van der Waals surface area contributed by atoms with Gasteiger partial charge >= 0.3 is 0 Å². The molecule has 1 N–H and O–H groups in total. The van der Waals surface area contributed by atoms with Crippen LogP contribution in [0.3, 0.4) is 0 Å². The van der Waals surface area contributed by atoms with Crippen molar-refractivity contribution in [1.29, 1.82) is 0 Å². The lowest BCUT2D eigenvalue weighted by molar-refractivity contribution is 0.0839. The normalized spacial score (nSPS) is 28.1. The summed E-state index contributed by atoms with van der Waals surface area (Å²) in [5.74, 6) is 1.74. The summed E-state index contributed by atoms with van der Waals surface area (Å²) in [5.41, 5.74) is -0.116. The summed E-state index contributed by atoms with van der Waals surface area (Å²) in [4.78, 5) is 12.2. The fourth-order valence-electron chi connectivity index (χ4n) is 2.79. The molecular weight excluding hydrogens is 294 g/mol. The minimum atomic E-state index is -0.116. The Balaban J connectivity index is 2.08. The monoisotopic (exact) mass is 313 g/mol. The van der Waals surface area contributed by atoms with Gasteiger partial charge in [-0.15, -0.1) is 0 Å². The summed E-state index contributed by atoms with van der Waals surface area (Å²) < 4.78 is 5.38. The van der Waals surface area contributed by atoms with Gasteiger partial charge < -0.3 is 9.73 Å². The second-order valence-electron chi connectivity index (χ2n) is 5.48. The van der Waals surface area contributed by atoms with E-state index in [1.165, 1.54) is 12.8 Å². The second kappa shape index (κ2) is 5.47. The van der Waals surface area contributed by atoms with E-state index in [9.17, 15) is 4.79 Å². The Kier molecular flexibility index (Phi) is 4.15. The van der Waals surface area contributed by atoms with Crippen LogP contribution in [-0.2, 0) is 0 Å². The molecule has 1 saturated carbocycles. The van der Waals surface area contributed by atoms with Crippen molar-refractivity contribution in [3.63, 3.8) is 0 Å². The highest BCUT2D eigenvalue weighted by molar-refractivity contribution is 9.09. The molecule has 4 heteroatoms. The highest BCUT2D eigenvalue weighted by Gasteiger charge is 2.36. The first kappa shape index (κ1) is 13.7. The molecule has 18 heavy (non-hydrogen) atoms. The molecule has 1 aromatic rings. The smallest absolute Gasteiger partial charge is 0.287 e. The van der Waals surface area contributed by atoms with Gasteiger partial charge in [0.2, 0.25) is 0 Å². The summed E-state index contributed by atoms with van der Waals surface area (Å²) in [7, 11) is 0. The lowest BCUT2D eigenvalue weighted by atomic mass is 9.77. The minimum absolute atomic E-state index is 0.100. The van der Waals surface area contributed by atoms with Gasteiger partial charge in [0, 0.05) is 5.33 Å². The number of hydrogen-bond acceptors (Lipinski definition) is 2. The topological polar surface area (TPSA) is 42.2 Å². The zero-order valence-corrected chi connectivity index (χ0v) is 12.5. The largest absolute Gasteiger partial charge is 0.456 e. The second-order valence-corrected chi connectivity index (χ2v) is 6.04. The number of hydrogen-bond donors (Lipinski definition) is 1. The van der Waals surface area contributed by atoms with Crippen LogP contribution in [0.1, 0.15) is 48.9 Å². The van der Waals surface area contributed by atoms with Gasteiger partial charge in [0.05, 0.1) is 5.54 Å². The summed E-state index contributed by atoms with van der Waals surface area (Å²) >= 11 is 3.56. The van der Waals surface area contributed by atoms with Gasteiger partial charge in [-0.05, 0) is 37.8 Å². The summed E-state index contributed by atoms with van der Waals surface area (Å²) in [5, 5.41) is 3.96. The van der Waals surface area contributed by atoms with Crippen molar-refractivity contribution in [3.05, 3.63) is 23.7 Å². The summed E-state index contributed by atoms with van der Waals surface area (Å²) in [6, 6.07) is 3.55. The Morgan fingerprint density at radius 2 is 2.39 bits per heavy atom. The maximum absolute atomic E-state index is 12.2. The van der Waals surface area contributed by atoms with Crippen molar-refractivity contribution in [1.82, 2.24) is 5.32 Å². The van der Waals surface area contributed by atoms with E-state index in [1.807, 2.05) is 13.0 Å². The lowest BCUT2D eigenvalue weighted by Gasteiger charge is -2.39. The third-order valence-electron chi connectivity index (χ3n) is 3.69. The third-order valence-corrected chi connectivity index (χ3v) is 4.76. The van der Waals surface area contributed by atoms with E-state index < -0.39 is 0 Å². The predicted octanol–water partition coefficient (Wildman–Crippen LogP) is 3.66. The first-order valence-electron chi connectivity index (χ1n) is 6.49. The molecule has 100 valence electrons. The van der Waals surface area contributed by atoms with Crippen molar-refractivity contribution in [2.24, 2.45) is 5.92 Å². The molecule has 3 nitrogen and oxygen atoms in total. The Morgan fingerprint density at radius 3 is 2.94 bits per heavy atom. The maximum Gasteiger partial charge on any atom is 0.287 e. The molecule has 2 rings (SSSR count). The number of alkyl halides is 1. The molecule has 2 atom stereocenters. The van der Waals surface area contributed by atoms with Crippen molar-refractivity contribution < 1.29 is 9.21 Å². The molecule has 1 aliphatic rings. The lowest BCUT2D eigenvalue weighted by Crippen LogP contribution is -2.52. The molecule has 0 aromatic carbocycles. The van der Waals surface area contributed by atoms with Crippen LogP contribution in [0, 0.1) is 12.8 Å². The molecule has 1 heterocycles. The number of carbonyl (C=O) groups is 1. The van der Waals surface area contributed by atoms with Crippen LogP contribution in [-0.4, -0.2) is 16.8 Å². The highest BCUT2D eigenvalue weighted by atomic mass is 79.9. The van der Waals surface area contributed by atoms with Crippen LogP contribution < -0.4 is 5.32 Å². The molecule has 1 amide bonds. The van der Waals surface area contributed by atoms with E-state index in [4.69, 9.17) is 4.42 Å². The number of furan rings is 1. The van der Waals surface area contributed by atoms with Crippen LogP contribution >= 0.6 is 15.9 Å². The predicted molar refractivity (Wildman–Crippen MR) is 75.1 cm³/mol. The molecule has 1 aromatic heterocycles. The molecule has 1 fully saturated rings. The van der Waals surface area contributed by atoms with Crippen molar-refractivity contribution >= 4 is 21.8 Å². The van der Waals surface area contributed by atoms with Gasteiger partial charge in [-0.25, -0.2) is 0 Å². The molecule has 0 radical (unpaired) electrons. The average Bonchev–Trinajstić information content (AvgIpc) is 2.76. The zero-order chi connectivity index (χ0) is 13.2. The molecule has 0 aliphatic heterocycles. The van der Waals surface area contributed by atoms with Crippen molar-refractivity contribution in [2.75, 3.05) is 5.33 Å². The Labute approximate surface area is 116 Å². The van der Waals surface area contributed by atoms with E-state index in [0.29, 0.717) is 11.7 Å². The Bertz CT molecular complexity index is 429. The molecule has 1 aliphatic carbocycles. The maximum atomic E-state index is 12.2. The number of rotatable bonds is 3.